The van der Waals surface area contributed by atoms with Crippen molar-refractivity contribution in [3.63, 3.8) is 0 Å². The first-order valence-corrected chi connectivity index (χ1v) is 16.7. The van der Waals surface area contributed by atoms with Crippen LogP contribution in [0.15, 0.2) is 71.6 Å². The molecule has 3 aromatic carbocycles. The van der Waals surface area contributed by atoms with Crippen molar-refractivity contribution >= 4 is 35.3 Å². The lowest BCUT2D eigenvalue weighted by atomic mass is 9.98. The number of benzene rings is 3. The van der Waals surface area contributed by atoms with E-state index in [0.717, 1.165) is 46.1 Å². The Bertz CT molecular complexity index is 1600. The maximum atomic E-state index is 14.0. The summed E-state index contributed by atoms with van der Waals surface area (Å²) in [5.74, 6) is -0.782. The van der Waals surface area contributed by atoms with Crippen LogP contribution in [0.2, 0.25) is 0 Å². The molecular weight excluding hydrogens is 643 g/mol. The minimum absolute atomic E-state index is 0.0149. The number of amides is 4. The number of fused-ring (bicyclic) bond motifs is 1. The van der Waals surface area contributed by atoms with Gasteiger partial charge in [0.1, 0.15) is 6.04 Å². The largest absolute Gasteiger partial charge is 0.416 e. The average molecular weight is 686 g/mol. The van der Waals surface area contributed by atoms with Crippen LogP contribution in [0.3, 0.4) is 0 Å². The molecule has 0 aromatic heterocycles. The third kappa shape index (κ3) is 9.97. The number of rotatable bonds is 12. The number of carbonyl (C=O) groups is 3. The van der Waals surface area contributed by atoms with Crippen LogP contribution in [0.5, 0.6) is 0 Å². The molecule has 1 aliphatic rings. The molecule has 0 saturated carbocycles. The van der Waals surface area contributed by atoms with Crippen LogP contribution in [0.1, 0.15) is 50.8 Å². The predicted octanol–water partition coefficient (Wildman–Crippen LogP) is 5.45. The van der Waals surface area contributed by atoms with Crippen molar-refractivity contribution in [3.8, 4) is 11.1 Å². The van der Waals surface area contributed by atoms with Crippen molar-refractivity contribution in [2.75, 3.05) is 23.7 Å². The SMILES string of the molecule is CCNC(=O)NCc1ccccc1-c1ccc(CN2C(=O)[C@H](NC(=O)CC(C)(C)NC[C@@H](C)O)CSc3cc(C(F)(F)F)ccc32)cc1. The van der Waals surface area contributed by atoms with Gasteiger partial charge in [0, 0.05) is 42.2 Å². The first kappa shape index (κ1) is 36.8. The van der Waals surface area contributed by atoms with E-state index in [1.807, 2.05) is 55.5 Å². The number of nitrogens with zero attached hydrogens (tertiary/aromatic N) is 1. The van der Waals surface area contributed by atoms with Gasteiger partial charge in [-0.25, -0.2) is 4.79 Å². The minimum Gasteiger partial charge on any atom is -0.392 e. The van der Waals surface area contributed by atoms with E-state index in [9.17, 15) is 32.7 Å². The summed E-state index contributed by atoms with van der Waals surface area (Å²) in [6.07, 6.45) is -5.15. The zero-order chi connectivity index (χ0) is 35.1. The fourth-order valence-electron chi connectivity index (χ4n) is 5.31. The lowest BCUT2D eigenvalue weighted by molar-refractivity contribution is -0.137. The summed E-state index contributed by atoms with van der Waals surface area (Å²) < 4.78 is 40.9. The molecule has 258 valence electrons. The van der Waals surface area contributed by atoms with Crippen LogP contribution >= 0.6 is 11.8 Å². The van der Waals surface area contributed by atoms with Gasteiger partial charge >= 0.3 is 12.2 Å². The van der Waals surface area contributed by atoms with Crippen LogP contribution in [-0.4, -0.2) is 59.5 Å². The molecule has 13 heteroatoms. The second-order valence-corrected chi connectivity index (χ2v) is 13.5. The highest BCUT2D eigenvalue weighted by Crippen LogP contribution is 2.40. The summed E-state index contributed by atoms with van der Waals surface area (Å²) in [7, 11) is 0. The molecule has 0 radical (unpaired) electrons. The molecule has 1 heterocycles. The summed E-state index contributed by atoms with van der Waals surface area (Å²) in [4.78, 5) is 40.8. The van der Waals surface area contributed by atoms with E-state index in [2.05, 4.69) is 21.3 Å². The van der Waals surface area contributed by atoms with Gasteiger partial charge in [-0.3, -0.25) is 9.59 Å². The normalized spacial score (nSPS) is 15.7. The second kappa shape index (κ2) is 15.9. The standard InChI is InChI=1S/C35H42F3N5O4S/c1-5-39-33(47)40-19-25-8-6-7-9-27(25)24-12-10-23(11-13-24)20-43-29-15-14-26(35(36,37)38)16-30(29)48-21-28(32(43)46)42-31(45)17-34(3,4)41-18-22(2)44/h6-16,22,28,41,44H,5,17-21H2,1-4H3,(H,42,45)(H2,39,40,47)/t22-,28-/m1/s1. The van der Waals surface area contributed by atoms with Crippen LogP contribution in [0.25, 0.3) is 11.1 Å². The van der Waals surface area contributed by atoms with Gasteiger partial charge < -0.3 is 31.3 Å². The lowest BCUT2D eigenvalue weighted by Gasteiger charge is -2.29. The lowest BCUT2D eigenvalue weighted by Crippen LogP contribution is -2.52. The number of aliphatic hydroxyl groups is 1. The molecule has 5 N–H and O–H groups in total. The number of urea groups is 1. The number of alkyl halides is 3. The van der Waals surface area contributed by atoms with E-state index in [0.29, 0.717) is 23.7 Å². The van der Waals surface area contributed by atoms with Crippen molar-refractivity contribution in [2.24, 2.45) is 0 Å². The van der Waals surface area contributed by atoms with Gasteiger partial charge in [0.2, 0.25) is 5.91 Å². The molecule has 9 nitrogen and oxygen atoms in total. The summed E-state index contributed by atoms with van der Waals surface area (Å²) >= 11 is 1.09. The molecule has 0 aliphatic carbocycles. The Labute approximate surface area is 283 Å². The number of β-amino-alcohol motifs (C(OH)–C–C–N with tert-alkyl or cyclic N) is 1. The van der Waals surface area contributed by atoms with Gasteiger partial charge in [0.25, 0.3) is 5.91 Å². The highest BCUT2D eigenvalue weighted by molar-refractivity contribution is 7.99. The third-order valence-corrected chi connectivity index (χ3v) is 8.90. The molecule has 0 bridgehead atoms. The fourth-order valence-corrected chi connectivity index (χ4v) is 6.42. The summed E-state index contributed by atoms with van der Waals surface area (Å²) in [5.41, 5.74) is 2.28. The zero-order valence-corrected chi connectivity index (χ0v) is 28.2. The molecule has 1 aliphatic heterocycles. The Morgan fingerprint density at radius 1 is 1.04 bits per heavy atom. The van der Waals surface area contributed by atoms with Gasteiger partial charge in [-0.2, -0.15) is 13.2 Å². The van der Waals surface area contributed by atoms with Gasteiger partial charge in [-0.15, -0.1) is 11.8 Å². The topological polar surface area (TPSA) is 123 Å². The summed E-state index contributed by atoms with van der Waals surface area (Å²) in [6.45, 7) is 8.25. The first-order valence-electron chi connectivity index (χ1n) is 15.7. The molecule has 0 spiro atoms. The minimum atomic E-state index is -4.56. The van der Waals surface area contributed by atoms with Crippen LogP contribution < -0.4 is 26.2 Å². The monoisotopic (exact) mass is 685 g/mol. The van der Waals surface area contributed by atoms with Crippen molar-refractivity contribution in [3.05, 3.63) is 83.4 Å². The second-order valence-electron chi connectivity index (χ2n) is 12.4. The maximum absolute atomic E-state index is 14.0. The molecule has 2 atom stereocenters. The average Bonchev–Trinajstić information content (AvgIpc) is 3.15. The van der Waals surface area contributed by atoms with Crippen molar-refractivity contribution in [1.82, 2.24) is 21.3 Å². The molecule has 4 rings (SSSR count). The Morgan fingerprint density at radius 2 is 1.75 bits per heavy atom. The molecule has 0 saturated heterocycles. The number of hydrogen-bond acceptors (Lipinski definition) is 6. The maximum Gasteiger partial charge on any atom is 0.416 e. The number of carbonyl (C=O) groups excluding carboxylic acids is 3. The van der Waals surface area contributed by atoms with E-state index >= 15 is 0 Å². The van der Waals surface area contributed by atoms with Gasteiger partial charge in [-0.1, -0.05) is 48.5 Å². The molecule has 4 amide bonds. The molecule has 0 fully saturated rings. The zero-order valence-electron chi connectivity index (χ0n) is 27.4. The summed E-state index contributed by atoms with van der Waals surface area (Å²) in [6, 6.07) is 17.2. The van der Waals surface area contributed by atoms with E-state index in [1.165, 1.54) is 11.0 Å². The number of anilines is 1. The molecule has 3 aromatic rings. The predicted molar refractivity (Wildman–Crippen MR) is 181 cm³/mol. The molecule has 0 unspecified atom stereocenters. The molecular formula is C35H42F3N5O4S. The number of nitrogens with one attached hydrogen (secondary N) is 4. The Morgan fingerprint density at radius 3 is 2.42 bits per heavy atom. The van der Waals surface area contributed by atoms with Gasteiger partial charge in [0.15, 0.2) is 0 Å². The van der Waals surface area contributed by atoms with Crippen molar-refractivity contribution < 1.29 is 32.7 Å². The van der Waals surface area contributed by atoms with Crippen molar-refractivity contribution in [2.45, 2.75) is 76.0 Å². The first-order chi connectivity index (χ1) is 22.7. The van der Waals surface area contributed by atoms with Gasteiger partial charge in [-0.05, 0) is 68.1 Å². The van der Waals surface area contributed by atoms with Crippen LogP contribution in [0.4, 0.5) is 23.7 Å². The number of halogens is 3. The fraction of sp³-hybridized carbons (Fsp3) is 0.400. The molecule has 48 heavy (non-hydrogen) atoms. The smallest absolute Gasteiger partial charge is 0.392 e. The quantitative estimate of drug-likeness (QED) is 0.173. The van der Waals surface area contributed by atoms with Gasteiger partial charge in [0.05, 0.1) is 23.9 Å². The number of aliphatic hydroxyl groups excluding tert-OH is 1. The van der Waals surface area contributed by atoms with Crippen LogP contribution in [0, 0.1) is 0 Å². The van der Waals surface area contributed by atoms with E-state index in [1.54, 1.807) is 20.8 Å². The van der Waals surface area contributed by atoms with Crippen molar-refractivity contribution in [1.29, 1.82) is 0 Å². The van der Waals surface area contributed by atoms with Crippen LogP contribution in [-0.2, 0) is 28.9 Å². The summed E-state index contributed by atoms with van der Waals surface area (Å²) in [5, 5.41) is 21.1. The highest BCUT2D eigenvalue weighted by Gasteiger charge is 2.36. The van der Waals surface area contributed by atoms with E-state index in [-0.39, 0.29) is 31.3 Å². The Kier molecular flexibility index (Phi) is 12.2. The highest BCUT2D eigenvalue weighted by atomic mass is 32.2. The number of hydrogen-bond donors (Lipinski definition) is 5. The van der Waals surface area contributed by atoms with E-state index in [4.69, 9.17) is 0 Å². The number of thioether (sulfide) groups is 1. The third-order valence-electron chi connectivity index (χ3n) is 7.76. The Hall–Kier alpha value is -4.07. The van der Waals surface area contributed by atoms with E-state index < -0.39 is 41.2 Å². The Balaban J connectivity index is 1.58.